The van der Waals surface area contributed by atoms with Gasteiger partial charge in [-0.1, -0.05) is 23.7 Å². The minimum absolute atomic E-state index is 0.0692. The molecule has 0 aromatic heterocycles. The maximum Gasteiger partial charge on any atom is 0.261 e. The van der Waals surface area contributed by atoms with Crippen LogP contribution in [-0.2, 0) is 9.53 Å². The Balaban J connectivity index is 2.64. The van der Waals surface area contributed by atoms with E-state index in [1.807, 2.05) is 6.07 Å². The summed E-state index contributed by atoms with van der Waals surface area (Å²) in [5, 5.41) is 12.3. The summed E-state index contributed by atoms with van der Waals surface area (Å²) in [5.41, 5.74) is 0.827. The summed E-state index contributed by atoms with van der Waals surface area (Å²) < 4.78 is 4.87. The highest BCUT2D eigenvalue weighted by molar-refractivity contribution is 6.30. The second kappa shape index (κ2) is 8.30. The first kappa shape index (κ1) is 15.2. The van der Waals surface area contributed by atoms with E-state index in [-0.39, 0.29) is 11.5 Å². The van der Waals surface area contributed by atoms with Gasteiger partial charge in [0.15, 0.2) is 0 Å². The van der Waals surface area contributed by atoms with Crippen LogP contribution < -0.4 is 5.32 Å². The predicted molar refractivity (Wildman–Crippen MR) is 74.5 cm³/mol. The monoisotopic (exact) mass is 278 g/mol. The van der Waals surface area contributed by atoms with Gasteiger partial charge in [0, 0.05) is 25.3 Å². The number of nitrogens with one attached hydrogen (secondary N) is 1. The van der Waals surface area contributed by atoms with Gasteiger partial charge in [0.1, 0.15) is 11.6 Å². The Labute approximate surface area is 117 Å². The number of carbonyl (C=O) groups is 1. The Bertz CT molecular complexity index is 489. The molecule has 0 aliphatic heterocycles. The Morgan fingerprint density at radius 3 is 2.74 bits per heavy atom. The van der Waals surface area contributed by atoms with Crippen molar-refractivity contribution in [2.45, 2.75) is 6.42 Å². The zero-order chi connectivity index (χ0) is 14.1. The van der Waals surface area contributed by atoms with E-state index in [0.717, 1.165) is 5.56 Å². The molecule has 0 heterocycles. The van der Waals surface area contributed by atoms with Crippen molar-refractivity contribution in [1.82, 2.24) is 5.32 Å². The highest BCUT2D eigenvalue weighted by Gasteiger charge is 2.07. The number of nitriles is 1. The number of halogens is 1. The van der Waals surface area contributed by atoms with Crippen molar-refractivity contribution < 1.29 is 9.53 Å². The lowest BCUT2D eigenvalue weighted by atomic mass is 10.1. The zero-order valence-electron chi connectivity index (χ0n) is 10.6. The first-order chi connectivity index (χ1) is 9.17. The smallest absolute Gasteiger partial charge is 0.261 e. The first-order valence-corrected chi connectivity index (χ1v) is 6.19. The van der Waals surface area contributed by atoms with Crippen molar-refractivity contribution in [3.63, 3.8) is 0 Å². The largest absolute Gasteiger partial charge is 0.385 e. The Morgan fingerprint density at radius 1 is 1.47 bits per heavy atom. The third kappa shape index (κ3) is 5.56. The predicted octanol–water partition coefficient (Wildman–Crippen LogP) is 2.40. The van der Waals surface area contributed by atoms with Crippen LogP contribution in [-0.4, -0.2) is 26.2 Å². The van der Waals surface area contributed by atoms with E-state index in [2.05, 4.69) is 5.32 Å². The van der Waals surface area contributed by atoms with Crippen LogP contribution >= 0.6 is 11.6 Å². The molecule has 0 aliphatic rings. The summed E-state index contributed by atoms with van der Waals surface area (Å²) in [6, 6.07) is 8.80. The lowest BCUT2D eigenvalue weighted by Crippen LogP contribution is -2.26. The van der Waals surface area contributed by atoms with Crippen LogP contribution in [0.5, 0.6) is 0 Å². The number of rotatable bonds is 6. The number of carbonyl (C=O) groups excluding carboxylic acids is 1. The summed E-state index contributed by atoms with van der Waals surface area (Å²) >= 11 is 5.77. The summed E-state index contributed by atoms with van der Waals surface area (Å²) in [5.74, 6) is -0.381. The van der Waals surface area contributed by atoms with Crippen LogP contribution in [0.1, 0.15) is 12.0 Å². The van der Waals surface area contributed by atoms with E-state index < -0.39 is 0 Å². The SMILES string of the molecule is COCCCNC(=O)/C(C#N)=C/c1ccc(Cl)cc1. The average Bonchev–Trinajstić information content (AvgIpc) is 2.42. The van der Waals surface area contributed by atoms with Crippen molar-refractivity contribution in [3.8, 4) is 6.07 Å². The van der Waals surface area contributed by atoms with Crippen LogP contribution in [0, 0.1) is 11.3 Å². The van der Waals surface area contributed by atoms with Gasteiger partial charge in [0.25, 0.3) is 5.91 Å². The fourth-order valence-electron chi connectivity index (χ4n) is 1.39. The maximum absolute atomic E-state index is 11.7. The van der Waals surface area contributed by atoms with Gasteiger partial charge in [-0.2, -0.15) is 5.26 Å². The highest BCUT2D eigenvalue weighted by atomic mass is 35.5. The Morgan fingerprint density at radius 2 is 2.16 bits per heavy atom. The zero-order valence-corrected chi connectivity index (χ0v) is 11.4. The van der Waals surface area contributed by atoms with Crippen molar-refractivity contribution >= 4 is 23.6 Å². The molecule has 1 aromatic rings. The maximum atomic E-state index is 11.7. The summed E-state index contributed by atoms with van der Waals surface area (Å²) in [4.78, 5) is 11.7. The van der Waals surface area contributed by atoms with E-state index in [1.165, 1.54) is 6.08 Å². The van der Waals surface area contributed by atoms with E-state index in [9.17, 15) is 4.79 Å². The summed E-state index contributed by atoms with van der Waals surface area (Å²) in [6.07, 6.45) is 2.24. The molecule has 0 fully saturated rings. The molecule has 4 nitrogen and oxygen atoms in total. The fourth-order valence-corrected chi connectivity index (χ4v) is 1.51. The molecule has 0 saturated heterocycles. The lowest BCUT2D eigenvalue weighted by molar-refractivity contribution is -0.117. The van der Waals surface area contributed by atoms with E-state index in [1.54, 1.807) is 31.4 Å². The molecule has 19 heavy (non-hydrogen) atoms. The van der Waals surface area contributed by atoms with Gasteiger partial charge in [-0.15, -0.1) is 0 Å². The Hall–Kier alpha value is -1.83. The minimum Gasteiger partial charge on any atom is -0.385 e. The van der Waals surface area contributed by atoms with Crippen LogP contribution in [0.4, 0.5) is 0 Å². The number of amides is 1. The van der Waals surface area contributed by atoms with Crippen LogP contribution in [0.15, 0.2) is 29.8 Å². The molecular weight excluding hydrogens is 264 g/mol. The molecule has 0 bridgehead atoms. The highest BCUT2D eigenvalue weighted by Crippen LogP contribution is 2.12. The van der Waals surface area contributed by atoms with Crippen molar-refractivity contribution in [3.05, 3.63) is 40.4 Å². The van der Waals surface area contributed by atoms with Crippen molar-refractivity contribution in [2.75, 3.05) is 20.3 Å². The topological polar surface area (TPSA) is 62.1 Å². The van der Waals surface area contributed by atoms with Gasteiger partial charge in [-0.05, 0) is 30.2 Å². The molecule has 0 radical (unpaired) electrons. The third-order valence-electron chi connectivity index (χ3n) is 2.36. The summed E-state index contributed by atoms with van der Waals surface area (Å²) in [7, 11) is 1.60. The van der Waals surface area contributed by atoms with E-state index >= 15 is 0 Å². The number of ether oxygens (including phenoxy) is 1. The molecule has 100 valence electrons. The van der Waals surface area contributed by atoms with Crippen molar-refractivity contribution in [2.24, 2.45) is 0 Å². The molecule has 0 unspecified atom stereocenters. The number of hydrogen-bond donors (Lipinski definition) is 1. The van der Waals surface area contributed by atoms with E-state index in [0.29, 0.717) is 24.6 Å². The second-order valence-corrected chi connectivity index (χ2v) is 4.26. The molecule has 1 aromatic carbocycles. The molecule has 0 saturated carbocycles. The van der Waals surface area contributed by atoms with Crippen LogP contribution in [0.25, 0.3) is 6.08 Å². The van der Waals surface area contributed by atoms with Crippen molar-refractivity contribution in [1.29, 1.82) is 5.26 Å². The molecule has 0 spiro atoms. The van der Waals surface area contributed by atoms with Gasteiger partial charge in [-0.3, -0.25) is 4.79 Å². The normalized spacial score (nSPS) is 10.9. The average molecular weight is 279 g/mol. The van der Waals surface area contributed by atoms with E-state index in [4.69, 9.17) is 21.6 Å². The number of benzene rings is 1. The fraction of sp³-hybridized carbons (Fsp3) is 0.286. The number of methoxy groups -OCH3 is 1. The molecule has 5 heteroatoms. The minimum atomic E-state index is -0.381. The van der Waals surface area contributed by atoms with Gasteiger partial charge in [0.2, 0.25) is 0 Å². The van der Waals surface area contributed by atoms with Gasteiger partial charge in [-0.25, -0.2) is 0 Å². The molecule has 1 amide bonds. The number of nitrogens with zero attached hydrogens (tertiary/aromatic N) is 1. The van der Waals surface area contributed by atoms with Gasteiger partial charge < -0.3 is 10.1 Å². The third-order valence-corrected chi connectivity index (χ3v) is 2.61. The molecule has 0 aliphatic carbocycles. The van der Waals surface area contributed by atoms with Crippen LogP contribution in [0.2, 0.25) is 5.02 Å². The standard InChI is InChI=1S/C14H15ClN2O2/c1-19-8-2-7-17-14(18)12(10-16)9-11-3-5-13(15)6-4-11/h3-6,9H,2,7-8H2,1H3,(H,17,18)/b12-9+. The van der Waals surface area contributed by atoms with Gasteiger partial charge in [0.05, 0.1) is 0 Å². The molecule has 1 N–H and O–H groups in total. The first-order valence-electron chi connectivity index (χ1n) is 5.82. The molecular formula is C14H15ClN2O2. The summed E-state index contributed by atoms with van der Waals surface area (Å²) in [6.45, 7) is 1.05. The van der Waals surface area contributed by atoms with Crippen LogP contribution in [0.3, 0.4) is 0 Å². The second-order valence-electron chi connectivity index (χ2n) is 3.82. The quantitative estimate of drug-likeness (QED) is 0.494. The number of hydrogen-bond acceptors (Lipinski definition) is 3. The van der Waals surface area contributed by atoms with Gasteiger partial charge >= 0.3 is 0 Å². The molecule has 1 rings (SSSR count). The Kier molecular flexibility index (Phi) is 6.65. The lowest BCUT2D eigenvalue weighted by Gasteiger charge is -2.03. The molecule has 0 atom stereocenters.